The second-order valence-corrected chi connectivity index (χ2v) is 9.05. The van der Waals surface area contributed by atoms with Gasteiger partial charge in [-0.2, -0.15) is 0 Å². The van der Waals surface area contributed by atoms with Crippen molar-refractivity contribution in [2.75, 3.05) is 12.3 Å². The molecule has 2 aromatic rings. The van der Waals surface area contributed by atoms with Crippen LogP contribution in [-0.4, -0.2) is 35.1 Å². The van der Waals surface area contributed by atoms with Crippen molar-refractivity contribution in [3.05, 3.63) is 68.7 Å². The molecule has 2 rings (SSSR count). The first-order chi connectivity index (χ1) is 14.3. The van der Waals surface area contributed by atoms with Gasteiger partial charge in [-0.25, -0.2) is 0 Å². The van der Waals surface area contributed by atoms with Gasteiger partial charge in [-0.15, -0.1) is 11.8 Å². The number of carbonyl (C=O) groups is 2. The molecule has 0 spiro atoms. The van der Waals surface area contributed by atoms with E-state index in [2.05, 4.69) is 5.32 Å². The largest absolute Gasteiger partial charge is 0.354 e. The molecular weight excluding hydrogens is 463 g/mol. The average Bonchev–Trinajstić information content (AvgIpc) is 2.71. The molecule has 1 N–H and O–H groups in total. The number of rotatable bonds is 10. The normalized spacial score (nSPS) is 11.8. The molecule has 0 saturated carbocycles. The number of thioether (sulfide) groups is 1. The number of halogens is 3. The monoisotopic (exact) mass is 486 g/mol. The van der Waals surface area contributed by atoms with Gasteiger partial charge in [0.1, 0.15) is 6.04 Å². The van der Waals surface area contributed by atoms with Crippen LogP contribution >= 0.6 is 46.6 Å². The van der Waals surface area contributed by atoms with E-state index in [1.807, 2.05) is 31.2 Å². The van der Waals surface area contributed by atoms with Gasteiger partial charge in [0, 0.05) is 39.5 Å². The maximum atomic E-state index is 13.1. The molecule has 0 bridgehead atoms. The first-order valence-corrected chi connectivity index (χ1v) is 11.9. The standard InChI is InChI=1S/C22H25Cl3N2O2S/c1-3-10-26-22(29)15(2)27(12-18-19(24)8-5-9-20(18)25)21(28)14-30-13-16-6-4-7-17(23)11-16/h4-9,11,15H,3,10,12-14H2,1-2H3,(H,26,29)/t15-/m1/s1. The van der Waals surface area contributed by atoms with Gasteiger partial charge in [-0.3, -0.25) is 9.59 Å². The lowest BCUT2D eigenvalue weighted by Gasteiger charge is -2.29. The van der Waals surface area contributed by atoms with Crippen molar-refractivity contribution in [2.24, 2.45) is 0 Å². The zero-order chi connectivity index (χ0) is 22.1. The minimum absolute atomic E-state index is 0.155. The van der Waals surface area contributed by atoms with Gasteiger partial charge in [-0.05, 0) is 43.2 Å². The fraction of sp³-hybridized carbons (Fsp3) is 0.364. The fourth-order valence-electron chi connectivity index (χ4n) is 2.80. The number of benzene rings is 2. The van der Waals surface area contributed by atoms with Crippen LogP contribution in [0.15, 0.2) is 42.5 Å². The quantitative estimate of drug-likeness (QED) is 0.459. The molecule has 0 heterocycles. The molecule has 30 heavy (non-hydrogen) atoms. The highest BCUT2D eigenvalue weighted by molar-refractivity contribution is 7.99. The molecule has 2 amide bonds. The van der Waals surface area contributed by atoms with Crippen molar-refractivity contribution < 1.29 is 9.59 Å². The molecule has 0 aliphatic carbocycles. The Labute approximate surface area is 197 Å². The van der Waals surface area contributed by atoms with Crippen LogP contribution in [0.2, 0.25) is 15.1 Å². The molecule has 0 unspecified atom stereocenters. The number of hydrogen-bond acceptors (Lipinski definition) is 3. The molecule has 8 heteroatoms. The predicted molar refractivity (Wildman–Crippen MR) is 127 cm³/mol. The van der Waals surface area contributed by atoms with Gasteiger partial charge in [-0.1, -0.05) is 59.9 Å². The molecule has 0 aliphatic heterocycles. The van der Waals surface area contributed by atoms with Crippen LogP contribution in [0.25, 0.3) is 0 Å². The second kappa shape index (κ2) is 12.5. The van der Waals surface area contributed by atoms with Crippen molar-refractivity contribution in [1.82, 2.24) is 10.2 Å². The summed E-state index contributed by atoms with van der Waals surface area (Å²) in [5, 5.41) is 4.44. The molecule has 4 nitrogen and oxygen atoms in total. The summed E-state index contributed by atoms with van der Waals surface area (Å²) in [7, 11) is 0. The topological polar surface area (TPSA) is 49.4 Å². The number of nitrogens with one attached hydrogen (secondary N) is 1. The maximum Gasteiger partial charge on any atom is 0.242 e. The maximum absolute atomic E-state index is 13.1. The Morgan fingerprint density at radius 2 is 1.77 bits per heavy atom. The Morgan fingerprint density at radius 1 is 1.10 bits per heavy atom. The van der Waals surface area contributed by atoms with Gasteiger partial charge in [0.25, 0.3) is 0 Å². The van der Waals surface area contributed by atoms with Crippen LogP contribution < -0.4 is 5.32 Å². The van der Waals surface area contributed by atoms with Crippen LogP contribution in [0, 0.1) is 0 Å². The highest BCUT2D eigenvalue weighted by Crippen LogP contribution is 2.27. The SMILES string of the molecule is CCCNC(=O)[C@@H](C)N(Cc1c(Cl)cccc1Cl)C(=O)CSCc1cccc(Cl)c1. The number of nitrogens with zero attached hydrogens (tertiary/aromatic N) is 1. The lowest BCUT2D eigenvalue weighted by Crippen LogP contribution is -2.48. The third kappa shape index (κ3) is 7.38. The number of carbonyl (C=O) groups excluding carboxylic acids is 2. The molecule has 0 saturated heterocycles. The first-order valence-electron chi connectivity index (χ1n) is 9.65. The van der Waals surface area contributed by atoms with Gasteiger partial charge < -0.3 is 10.2 Å². The molecule has 0 aliphatic rings. The third-order valence-corrected chi connectivity index (χ3v) is 6.42. The average molecular weight is 488 g/mol. The Balaban J connectivity index is 2.12. The van der Waals surface area contributed by atoms with E-state index in [-0.39, 0.29) is 24.1 Å². The second-order valence-electron chi connectivity index (χ2n) is 6.81. The first kappa shape index (κ1) is 24.9. The Kier molecular flexibility index (Phi) is 10.3. The summed E-state index contributed by atoms with van der Waals surface area (Å²) in [4.78, 5) is 27.1. The molecule has 162 valence electrons. The van der Waals surface area contributed by atoms with Gasteiger partial charge in [0.05, 0.1) is 5.75 Å². The molecule has 0 fully saturated rings. The lowest BCUT2D eigenvalue weighted by atomic mass is 10.1. The molecule has 0 radical (unpaired) electrons. The van der Waals surface area contributed by atoms with E-state index >= 15 is 0 Å². The van der Waals surface area contributed by atoms with Crippen molar-refractivity contribution in [2.45, 2.75) is 38.6 Å². The Morgan fingerprint density at radius 3 is 2.40 bits per heavy atom. The van der Waals surface area contributed by atoms with Crippen molar-refractivity contribution in [3.8, 4) is 0 Å². The van der Waals surface area contributed by atoms with Crippen molar-refractivity contribution in [1.29, 1.82) is 0 Å². The highest BCUT2D eigenvalue weighted by Gasteiger charge is 2.27. The zero-order valence-electron chi connectivity index (χ0n) is 17.0. The molecule has 0 aromatic heterocycles. The van der Waals surface area contributed by atoms with Crippen LogP contribution in [0.5, 0.6) is 0 Å². The van der Waals surface area contributed by atoms with E-state index in [1.165, 1.54) is 16.7 Å². The minimum atomic E-state index is -0.650. The van der Waals surface area contributed by atoms with Crippen LogP contribution in [0.3, 0.4) is 0 Å². The van der Waals surface area contributed by atoms with E-state index in [4.69, 9.17) is 34.8 Å². The van der Waals surface area contributed by atoms with E-state index in [0.717, 1.165) is 12.0 Å². The van der Waals surface area contributed by atoms with E-state index in [9.17, 15) is 9.59 Å². The van der Waals surface area contributed by atoms with Crippen molar-refractivity contribution >= 4 is 58.4 Å². The molecule has 2 aromatic carbocycles. The summed E-state index contributed by atoms with van der Waals surface area (Å²) in [6, 6.07) is 12.1. The lowest BCUT2D eigenvalue weighted by molar-refractivity contribution is -0.138. The zero-order valence-corrected chi connectivity index (χ0v) is 20.0. The highest BCUT2D eigenvalue weighted by atomic mass is 35.5. The predicted octanol–water partition coefficient (Wildman–Crippen LogP) is 5.82. The Bertz CT molecular complexity index is 859. The summed E-state index contributed by atoms with van der Waals surface area (Å²) in [6.07, 6.45) is 0.818. The number of hydrogen-bond donors (Lipinski definition) is 1. The van der Waals surface area contributed by atoms with Crippen LogP contribution in [-0.2, 0) is 21.9 Å². The van der Waals surface area contributed by atoms with Crippen molar-refractivity contribution in [3.63, 3.8) is 0 Å². The van der Waals surface area contributed by atoms with Crippen LogP contribution in [0.4, 0.5) is 0 Å². The summed E-state index contributed by atoms with van der Waals surface area (Å²) in [6.45, 7) is 4.41. The van der Waals surface area contributed by atoms with E-state index in [1.54, 1.807) is 25.1 Å². The third-order valence-electron chi connectivity index (χ3n) is 4.49. The summed E-state index contributed by atoms with van der Waals surface area (Å²) in [5.74, 6) is 0.508. The smallest absolute Gasteiger partial charge is 0.242 e. The van der Waals surface area contributed by atoms with Gasteiger partial charge in [0.2, 0.25) is 11.8 Å². The molecular formula is C22H25Cl3N2O2S. The summed E-state index contributed by atoms with van der Waals surface area (Å²) < 4.78 is 0. The van der Waals surface area contributed by atoms with Gasteiger partial charge in [0.15, 0.2) is 0 Å². The summed E-state index contributed by atoms with van der Waals surface area (Å²) in [5.41, 5.74) is 1.67. The van der Waals surface area contributed by atoms with Crippen LogP contribution in [0.1, 0.15) is 31.4 Å². The van der Waals surface area contributed by atoms with E-state index in [0.29, 0.717) is 32.9 Å². The number of amides is 2. The van der Waals surface area contributed by atoms with E-state index < -0.39 is 6.04 Å². The fourth-order valence-corrected chi connectivity index (χ4v) is 4.39. The summed E-state index contributed by atoms with van der Waals surface area (Å²) >= 11 is 20.1. The minimum Gasteiger partial charge on any atom is -0.354 e. The molecule has 1 atom stereocenters. The Hall–Kier alpha value is -1.40. The van der Waals surface area contributed by atoms with Gasteiger partial charge >= 0.3 is 0 Å².